The topological polar surface area (TPSA) is 32.7 Å². The zero-order valence-electron chi connectivity index (χ0n) is 10.7. The highest BCUT2D eigenvalue weighted by atomic mass is 19.1. The molecule has 1 atom stereocenters. The van der Waals surface area contributed by atoms with Crippen LogP contribution >= 0.6 is 0 Å². The van der Waals surface area contributed by atoms with Gasteiger partial charge in [0.25, 0.3) is 0 Å². The summed E-state index contributed by atoms with van der Waals surface area (Å²) in [4.78, 5) is 2.04. The van der Waals surface area contributed by atoms with E-state index >= 15 is 0 Å². The van der Waals surface area contributed by atoms with Crippen LogP contribution in [0.1, 0.15) is 17.5 Å². The van der Waals surface area contributed by atoms with Gasteiger partial charge in [-0.3, -0.25) is 4.90 Å². The number of hydrogen-bond acceptors (Lipinski definition) is 3. The van der Waals surface area contributed by atoms with Crippen LogP contribution < -0.4 is 0 Å². The normalized spacial score (nSPS) is 24.6. The van der Waals surface area contributed by atoms with Gasteiger partial charge in [0.05, 0.1) is 13.2 Å². The predicted octanol–water partition coefficient (Wildman–Crippen LogP) is 1.74. The van der Waals surface area contributed by atoms with Crippen LogP contribution in [0.4, 0.5) is 4.39 Å². The summed E-state index contributed by atoms with van der Waals surface area (Å²) in [5.74, 6) is 0. The van der Waals surface area contributed by atoms with Gasteiger partial charge >= 0.3 is 0 Å². The number of methoxy groups -OCH3 is 1. The van der Waals surface area contributed by atoms with Gasteiger partial charge in [0.2, 0.25) is 0 Å². The second-order valence-electron chi connectivity index (χ2n) is 5.02. The lowest BCUT2D eigenvalue weighted by molar-refractivity contribution is 0.0769. The average molecular weight is 253 g/mol. The third-order valence-electron chi connectivity index (χ3n) is 3.37. The molecular weight excluding hydrogens is 233 g/mol. The zero-order chi connectivity index (χ0) is 13.0. The number of hydrogen-bond donors (Lipinski definition) is 1. The van der Waals surface area contributed by atoms with Crippen molar-refractivity contribution in [2.24, 2.45) is 0 Å². The molecule has 3 nitrogen and oxygen atoms in total. The van der Waals surface area contributed by atoms with Gasteiger partial charge in [-0.1, -0.05) is 24.3 Å². The number of benzene rings is 1. The fourth-order valence-corrected chi connectivity index (χ4v) is 2.42. The Balaban J connectivity index is 1.96. The van der Waals surface area contributed by atoms with Crippen molar-refractivity contribution < 1.29 is 14.2 Å². The maximum Gasteiger partial charge on any atom is 0.147 e. The lowest BCUT2D eigenvalue weighted by Gasteiger charge is -2.19. The molecule has 18 heavy (non-hydrogen) atoms. The third-order valence-corrected chi connectivity index (χ3v) is 3.37. The smallest absolute Gasteiger partial charge is 0.147 e. The van der Waals surface area contributed by atoms with Gasteiger partial charge < -0.3 is 9.84 Å². The summed E-state index contributed by atoms with van der Waals surface area (Å²) in [6.07, 6.45) is 0.418. The second-order valence-corrected chi connectivity index (χ2v) is 5.02. The molecule has 1 N–H and O–H groups in total. The van der Waals surface area contributed by atoms with Crippen LogP contribution in [-0.2, 0) is 17.9 Å². The third kappa shape index (κ3) is 3.28. The number of nitrogens with zero attached hydrogens (tertiary/aromatic N) is 1. The molecule has 1 aliphatic rings. The molecule has 100 valence electrons. The first-order valence-corrected chi connectivity index (χ1v) is 6.24. The highest BCUT2D eigenvalue weighted by molar-refractivity contribution is 5.23. The molecule has 0 radical (unpaired) electrons. The van der Waals surface area contributed by atoms with Crippen molar-refractivity contribution in [2.45, 2.75) is 25.2 Å². The Kier molecular flexibility index (Phi) is 4.32. The minimum atomic E-state index is -1.41. The van der Waals surface area contributed by atoms with Crippen molar-refractivity contribution in [3.8, 4) is 0 Å². The number of alkyl halides is 1. The van der Waals surface area contributed by atoms with Gasteiger partial charge in [-0.15, -0.1) is 0 Å². The molecule has 0 aliphatic carbocycles. The van der Waals surface area contributed by atoms with Gasteiger partial charge in [0.15, 0.2) is 0 Å². The van der Waals surface area contributed by atoms with Crippen LogP contribution in [0.25, 0.3) is 0 Å². The fraction of sp³-hybridized carbons (Fsp3) is 0.571. The second kappa shape index (κ2) is 5.78. The highest BCUT2D eigenvalue weighted by Crippen LogP contribution is 2.26. The molecule has 1 saturated heterocycles. The van der Waals surface area contributed by atoms with Gasteiger partial charge in [-0.25, -0.2) is 4.39 Å². The van der Waals surface area contributed by atoms with E-state index < -0.39 is 5.67 Å². The first kappa shape index (κ1) is 13.5. The van der Waals surface area contributed by atoms with E-state index in [-0.39, 0.29) is 6.61 Å². The Morgan fingerprint density at radius 2 is 2.22 bits per heavy atom. The predicted molar refractivity (Wildman–Crippen MR) is 68.0 cm³/mol. The van der Waals surface area contributed by atoms with E-state index in [4.69, 9.17) is 9.84 Å². The molecule has 1 fully saturated rings. The number of halogens is 1. The largest absolute Gasteiger partial charge is 0.393 e. The zero-order valence-corrected chi connectivity index (χ0v) is 10.7. The Morgan fingerprint density at radius 1 is 1.44 bits per heavy atom. The van der Waals surface area contributed by atoms with Crippen LogP contribution in [0.5, 0.6) is 0 Å². The molecule has 0 bridgehead atoms. The lowest BCUT2D eigenvalue weighted by atomic mass is 10.1. The standard InChI is InChI=1S/C14H20FNO2/c1-18-9-13-4-2-3-12(7-13)8-16-6-5-14(15,10-16)11-17/h2-4,7,17H,5-6,8-11H2,1H3. The number of ether oxygens (including phenoxy) is 1. The molecule has 1 unspecified atom stereocenters. The minimum absolute atomic E-state index is 0.317. The number of likely N-dealkylation sites (tertiary alicyclic amines) is 1. The van der Waals surface area contributed by atoms with Crippen LogP contribution in [-0.4, -0.2) is 42.5 Å². The Labute approximate surface area is 107 Å². The minimum Gasteiger partial charge on any atom is -0.393 e. The van der Waals surface area contributed by atoms with Gasteiger partial charge in [0.1, 0.15) is 5.67 Å². The maximum absolute atomic E-state index is 13.9. The summed E-state index contributed by atoms with van der Waals surface area (Å²) in [5, 5.41) is 9.01. The van der Waals surface area contributed by atoms with Crippen LogP contribution in [0.3, 0.4) is 0 Å². The molecule has 1 aliphatic heterocycles. The first-order chi connectivity index (χ1) is 8.65. The molecule has 4 heteroatoms. The van der Waals surface area contributed by atoms with Crippen LogP contribution in [0.15, 0.2) is 24.3 Å². The van der Waals surface area contributed by atoms with Gasteiger partial charge in [-0.2, -0.15) is 0 Å². The average Bonchev–Trinajstić information content (AvgIpc) is 2.73. The molecule has 1 aromatic carbocycles. The van der Waals surface area contributed by atoms with Crippen LogP contribution in [0.2, 0.25) is 0 Å². The maximum atomic E-state index is 13.9. The fourth-order valence-electron chi connectivity index (χ4n) is 2.42. The Hall–Kier alpha value is -0.970. The van der Waals surface area contributed by atoms with Crippen LogP contribution in [0, 0.1) is 0 Å². The molecule has 0 aromatic heterocycles. The molecule has 1 heterocycles. The molecule has 0 amide bonds. The number of rotatable bonds is 5. The van der Waals surface area contributed by atoms with E-state index in [1.807, 2.05) is 23.1 Å². The van der Waals surface area contributed by atoms with Crippen molar-refractivity contribution >= 4 is 0 Å². The van der Waals surface area contributed by atoms with E-state index in [9.17, 15) is 4.39 Å². The van der Waals surface area contributed by atoms with Crippen molar-refractivity contribution in [1.82, 2.24) is 4.90 Å². The van der Waals surface area contributed by atoms with E-state index in [0.29, 0.717) is 26.1 Å². The summed E-state index contributed by atoms with van der Waals surface area (Å²) in [6.45, 7) is 1.96. The molecule has 0 spiro atoms. The number of aliphatic hydroxyl groups is 1. The molecule has 2 rings (SSSR count). The van der Waals surface area contributed by atoms with Crippen molar-refractivity contribution in [1.29, 1.82) is 0 Å². The van der Waals surface area contributed by atoms with E-state index in [0.717, 1.165) is 17.7 Å². The molecule has 1 aromatic rings. The SMILES string of the molecule is COCc1cccc(CN2CCC(F)(CO)C2)c1. The Bertz CT molecular complexity index is 399. The summed E-state index contributed by atoms with van der Waals surface area (Å²) < 4.78 is 19.0. The van der Waals surface area contributed by atoms with E-state index in [1.165, 1.54) is 0 Å². The first-order valence-electron chi connectivity index (χ1n) is 6.24. The molecule has 0 saturated carbocycles. The van der Waals surface area contributed by atoms with E-state index in [1.54, 1.807) is 7.11 Å². The van der Waals surface area contributed by atoms with Crippen molar-refractivity contribution in [3.05, 3.63) is 35.4 Å². The summed E-state index contributed by atoms with van der Waals surface area (Å²) >= 11 is 0. The lowest BCUT2D eigenvalue weighted by Crippen LogP contribution is -2.32. The van der Waals surface area contributed by atoms with Gasteiger partial charge in [0, 0.05) is 26.7 Å². The number of aliphatic hydroxyl groups excluding tert-OH is 1. The monoisotopic (exact) mass is 253 g/mol. The van der Waals surface area contributed by atoms with Gasteiger partial charge in [-0.05, 0) is 17.5 Å². The van der Waals surface area contributed by atoms with Crippen molar-refractivity contribution in [3.63, 3.8) is 0 Å². The summed E-state index contributed by atoms with van der Waals surface area (Å²) in [6, 6.07) is 8.13. The summed E-state index contributed by atoms with van der Waals surface area (Å²) in [7, 11) is 1.67. The molecular formula is C14H20FNO2. The summed E-state index contributed by atoms with van der Waals surface area (Å²) in [5.41, 5.74) is 0.874. The Morgan fingerprint density at radius 3 is 2.89 bits per heavy atom. The van der Waals surface area contributed by atoms with E-state index in [2.05, 4.69) is 6.07 Å². The van der Waals surface area contributed by atoms with Crippen molar-refractivity contribution in [2.75, 3.05) is 26.8 Å². The quantitative estimate of drug-likeness (QED) is 0.867. The highest BCUT2D eigenvalue weighted by Gasteiger charge is 2.37.